The molecular formula is C20H23F2N5O5S. The molecule has 0 unspecified atom stereocenters. The molecule has 0 atom stereocenters. The van der Waals surface area contributed by atoms with Crippen LogP contribution < -0.4 is 15.7 Å². The molecule has 0 saturated carbocycles. The van der Waals surface area contributed by atoms with Gasteiger partial charge in [0.1, 0.15) is 0 Å². The van der Waals surface area contributed by atoms with E-state index < -0.39 is 39.2 Å². The molecular weight excluding hydrogens is 460 g/mol. The van der Waals surface area contributed by atoms with Crippen molar-refractivity contribution in [2.24, 2.45) is 0 Å². The molecule has 13 heteroatoms. The fraction of sp³-hybridized carbons (Fsp3) is 0.400. The molecule has 0 fully saturated rings. The van der Waals surface area contributed by atoms with Gasteiger partial charge in [-0.2, -0.15) is 5.10 Å². The number of amides is 1. The Morgan fingerprint density at radius 1 is 1.24 bits per heavy atom. The van der Waals surface area contributed by atoms with Gasteiger partial charge < -0.3 is 4.98 Å². The largest absolute Gasteiger partial charge is 0.349 e. The van der Waals surface area contributed by atoms with Gasteiger partial charge in [0.25, 0.3) is 27.9 Å². The summed E-state index contributed by atoms with van der Waals surface area (Å²) in [6.07, 6.45) is -0.797. The van der Waals surface area contributed by atoms with Gasteiger partial charge in [-0.3, -0.25) is 14.3 Å². The van der Waals surface area contributed by atoms with Crippen LogP contribution in [0.3, 0.4) is 0 Å². The van der Waals surface area contributed by atoms with E-state index in [0.717, 1.165) is 12.1 Å². The minimum Gasteiger partial charge on any atom is -0.305 e. The van der Waals surface area contributed by atoms with Crippen molar-refractivity contribution in [1.29, 1.82) is 0 Å². The van der Waals surface area contributed by atoms with Crippen molar-refractivity contribution in [3.63, 3.8) is 0 Å². The topological polar surface area (TPSA) is 127 Å². The summed E-state index contributed by atoms with van der Waals surface area (Å²) in [4.78, 5) is 40.6. The second-order valence-corrected chi connectivity index (χ2v) is 9.55. The number of fused-ring (bicyclic) bond motifs is 1. The Bertz CT molecular complexity index is 1440. The summed E-state index contributed by atoms with van der Waals surface area (Å²) in [7, 11) is -4.35. The average Bonchev–Trinajstić information content (AvgIpc) is 3.19. The van der Waals surface area contributed by atoms with Gasteiger partial charge in [-0.15, -0.1) is 9.09 Å². The van der Waals surface area contributed by atoms with Crippen LogP contribution in [0.2, 0.25) is 0 Å². The number of aromatic amines is 1. The lowest BCUT2D eigenvalue weighted by atomic mass is 10.0. The van der Waals surface area contributed by atoms with Crippen LogP contribution >= 0.6 is 0 Å². The first kappa shape index (κ1) is 24.3. The normalized spacial score (nSPS) is 12.1. The Labute approximate surface area is 187 Å². The van der Waals surface area contributed by atoms with E-state index in [9.17, 15) is 31.6 Å². The number of carbonyl (C=O) groups excluding carboxylic acids is 1. The lowest BCUT2D eigenvalue weighted by Gasteiger charge is -2.21. The smallest absolute Gasteiger partial charge is 0.305 e. The van der Waals surface area contributed by atoms with E-state index in [4.69, 9.17) is 0 Å². The van der Waals surface area contributed by atoms with Crippen LogP contribution in [0.1, 0.15) is 51.6 Å². The van der Waals surface area contributed by atoms with Crippen LogP contribution in [-0.4, -0.2) is 40.0 Å². The van der Waals surface area contributed by atoms with Crippen molar-refractivity contribution in [1.82, 2.24) is 19.4 Å². The van der Waals surface area contributed by atoms with Crippen molar-refractivity contribution in [3.05, 3.63) is 50.8 Å². The molecule has 33 heavy (non-hydrogen) atoms. The molecule has 0 aliphatic carbocycles. The zero-order valence-corrected chi connectivity index (χ0v) is 19.2. The monoisotopic (exact) mass is 483 g/mol. The summed E-state index contributed by atoms with van der Waals surface area (Å²) in [6.45, 7) is 5.22. The van der Waals surface area contributed by atoms with Crippen LogP contribution in [0.5, 0.6) is 0 Å². The molecule has 3 aromatic rings. The predicted octanol–water partition coefficient (Wildman–Crippen LogP) is 2.30. The Hall–Kier alpha value is -3.35. The van der Waals surface area contributed by atoms with E-state index in [0.29, 0.717) is 11.9 Å². The van der Waals surface area contributed by atoms with Crippen molar-refractivity contribution in [2.75, 3.05) is 10.7 Å². The lowest BCUT2D eigenvalue weighted by Crippen LogP contribution is -2.55. The third-order valence-corrected chi connectivity index (χ3v) is 5.89. The van der Waals surface area contributed by atoms with Crippen molar-refractivity contribution < 1.29 is 22.0 Å². The van der Waals surface area contributed by atoms with Crippen LogP contribution in [0, 0.1) is 0 Å². The SMILES string of the molecule is CCCC(=O)N(n1c(=O)[nH]c2cc(C(F)F)c(-c3ccnn3C(C)C)cc2c1=O)S(C)(=O)=O. The molecule has 1 amide bonds. The van der Waals surface area contributed by atoms with Gasteiger partial charge in [0.2, 0.25) is 0 Å². The van der Waals surface area contributed by atoms with E-state index in [2.05, 4.69) is 10.1 Å². The summed E-state index contributed by atoms with van der Waals surface area (Å²) in [5, 5.41) is 3.88. The number of benzene rings is 1. The number of sulfonamides is 1. The number of rotatable bonds is 7. The fourth-order valence-electron chi connectivity index (χ4n) is 3.53. The van der Waals surface area contributed by atoms with Crippen molar-refractivity contribution in [3.8, 4) is 11.3 Å². The lowest BCUT2D eigenvalue weighted by molar-refractivity contribution is -0.118. The van der Waals surface area contributed by atoms with Gasteiger partial charge >= 0.3 is 5.69 Å². The summed E-state index contributed by atoms with van der Waals surface area (Å²) in [5.41, 5.74) is -2.75. The Balaban J connectivity index is 2.41. The number of nitrogens with one attached hydrogen (secondary N) is 1. The highest BCUT2D eigenvalue weighted by Crippen LogP contribution is 2.34. The minimum absolute atomic E-state index is 0.00908. The number of carbonyl (C=O) groups is 1. The van der Waals surface area contributed by atoms with Gasteiger partial charge in [0.05, 0.1) is 22.9 Å². The fourth-order valence-corrected chi connectivity index (χ4v) is 4.44. The van der Waals surface area contributed by atoms with Gasteiger partial charge in [0.15, 0.2) is 0 Å². The summed E-state index contributed by atoms with van der Waals surface area (Å²) < 4.78 is 54.2. The number of aromatic nitrogens is 4. The molecule has 0 aliphatic rings. The van der Waals surface area contributed by atoms with Gasteiger partial charge in [0, 0.05) is 29.8 Å². The second-order valence-electron chi connectivity index (χ2n) is 7.74. The Morgan fingerprint density at radius 3 is 2.45 bits per heavy atom. The first-order valence-corrected chi connectivity index (χ1v) is 11.9. The quantitative estimate of drug-likeness (QED) is 0.549. The summed E-state index contributed by atoms with van der Waals surface area (Å²) >= 11 is 0. The molecule has 1 aromatic carbocycles. The van der Waals surface area contributed by atoms with E-state index in [1.165, 1.54) is 16.9 Å². The molecule has 0 aliphatic heterocycles. The minimum atomic E-state index is -4.35. The maximum atomic E-state index is 13.9. The molecule has 1 N–H and O–H groups in total. The van der Waals surface area contributed by atoms with Gasteiger partial charge in [-0.05, 0) is 38.5 Å². The van der Waals surface area contributed by atoms with Crippen LogP contribution in [-0.2, 0) is 14.8 Å². The molecule has 2 aromatic heterocycles. The van der Waals surface area contributed by atoms with E-state index in [1.807, 2.05) is 0 Å². The Morgan fingerprint density at radius 2 is 1.91 bits per heavy atom. The number of alkyl halides is 2. The first-order chi connectivity index (χ1) is 15.4. The second kappa shape index (κ2) is 8.89. The molecule has 0 bridgehead atoms. The highest BCUT2D eigenvalue weighted by Gasteiger charge is 2.29. The molecule has 2 heterocycles. The number of H-pyrrole nitrogens is 1. The molecule has 0 spiro atoms. The number of hydrogen-bond acceptors (Lipinski definition) is 6. The number of halogens is 2. The molecule has 0 radical (unpaired) electrons. The van der Waals surface area contributed by atoms with Crippen molar-refractivity contribution in [2.45, 2.75) is 46.1 Å². The molecule has 3 rings (SSSR count). The summed E-state index contributed by atoms with van der Waals surface area (Å²) in [5.74, 6) is -0.978. The van der Waals surface area contributed by atoms with Gasteiger partial charge in [-0.25, -0.2) is 22.0 Å². The van der Waals surface area contributed by atoms with Crippen LogP contribution in [0.4, 0.5) is 8.78 Å². The highest BCUT2D eigenvalue weighted by atomic mass is 32.2. The first-order valence-electron chi connectivity index (χ1n) is 10.1. The van der Waals surface area contributed by atoms with Gasteiger partial charge in [-0.1, -0.05) is 6.92 Å². The highest BCUT2D eigenvalue weighted by molar-refractivity contribution is 7.92. The maximum Gasteiger partial charge on any atom is 0.349 e. The predicted molar refractivity (Wildman–Crippen MR) is 118 cm³/mol. The average molecular weight is 483 g/mol. The Kier molecular flexibility index (Phi) is 6.54. The number of hydrogen-bond donors (Lipinski definition) is 1. The number of nitrogens with zero attached hydrogens (tertiary/aromatic N) is 4. The molecule has 0 saturated heterocycles. The van der Waals surface area contributed by atoms with Crippen LogP contribution in [0.25, 0.3) is 22.2 Å². The maximum absolute atomic E-state index is 13.9. The third-order valence-electron chi connectivity index (χ3n) is 4.89. The van der Waals surface area contributed by atoms with E-state index in [1.54, 1.807) is 20.8 Å². The third kappa shape index (κ3) is 4.45. The summed E-state index contributed by atoms with van der Waals surface area (Å²) in [6, 6.07) is 3.44. The molecule has 10 nitrogen and oxygen atoms in total. The zero-order valence-electron chi connectivity index (χ0n) is 18.4. The van der Waals surface area contributed by atoms with E-state index >= 15 is 0 Å². The van der Waals surface area contributed by atoms with Crippen LogP contribution in [0.15, 0.2) is 34.0 Å². The zero-order chi connectivity index (χ0) is 24.7. The standard InChI is InChI=1S/C20H23F2N5O5S/c1-5-6-17(28)27(33(4,31)32)26-19(29)14-9-12(16-7-8-23-25(16)11(2)3)13(18(21)22)10-15(14)24-20(26)30/h7-11,18H,5-6H2,1-4H3,(H,24,30). The molecule has 178 valence electrons. The van der Waals surface area contributed by atoms with Crippen molar-refractivity contribution >= 4 is 26.8 Å². The van der Waals surface area contributed by atoms with E-state index in [-0.39, 0.29) is 44.4 Å².